The van der Waals surface area contributed by atoms with Crippen molar-refractivity contribution >= 4 is 0 Å². The topological polar surface area (TPSA) is 74.5 Å². The molecule has 0 radical (unpaired) electrons. The number of pyridine rings is 1. The lowest BCUT2D eigenvalue weighted by Gasteiger charge is -2.09. The maximum atomic E-state index is 12.2. The summed E-state index contributed by atoms with van der Waals surface area (Å²) >= 11 is 0. The summed E-state index contributed by atoms with van der Waals surface area (Å²) in [5, 5.41) is 12.0. The Labute approximate surface area is 127 Å². The first-order chi connectivity index (χ1) is 10.7. The molecular weight excluding hydrogens is 276 g/mol. The number of rotatable bonds is 3. The third-order valence-electron chi connectivity index (χ3n) is 3.61. The van der Waals surface area contributed by atoms with Crippen molar-refractivity contribution < 1.29 is 0 Å². The lowest BCUT2D eigenvalue weighted by atomic mass is 9.98. The quantitative estimate of drug-likeness (QED) is 0.805. The SMILES string of the molecule is CC(c1ccccc1)c1cc(=O)n(-c2cc(C#N)ccn2)[nH]1. The number of aromatic nitrogens is 3. The second-order valence-corrected chi connectivity index (χ2v) is 5.03. The third-order valence-corrected chi connectivity index (χ3v) is 3.61. The van der Waals surface area contributed by atoms with Crippen LogP contribution in [0, 0.1) is 11.3 Å². The Bertz CT molecular complexity index is 887. The zero-order valence-corrected chi connectivity index (χ0v) is 12.0. The van der Waals surface area contributed by atoms with E-state index in [0.717, 1.165) is 11.3 Å². The van der Waals surface area contributed by atoms with Crippen molar-refractivity contribution in [2.75, 3.05) is 0 Å². The van der Waals surface area contributed by atoms with E-state index < -0.39 is 0 Å². The highest BCUT2D eigenvalue weighted by Crippen LogP contribution is 2.21. The first-order valence-corrected chi connectivity index (χ1v) is 6.92. The molecule has 22 heavy (non-hydrogen) atoms. The molecule has 1 unspecified atom stereocenters. The summed E-state index contributed by atoms with van der Waals surface area (Å²) in [4.78, 5) is 16.3. The summed E-state index contributed by atoms with van der Waals surface area (Å²) in [6.07, 6.45) is 1.52. The molecule has 108 valence electrons. The maximum absolute atomic E-state index is 12.2. The Kier molecular flexibility index (Phi) is 3.58. The van der Waals surface area contributed by atoms with E-state index in [1.54, 1.807) is 18.2 Å². The molecule has 0 aliphatic heterocycles. The van der Waals surface area contributed by atoms with Crippen LogP contribution in [0.4, 0.5) is 0 Å². The minimum absolute atomic E-state index is 0.0642. The van der Waals surface area contributed by atoms with Crippen molar-refractivity contribution in [3.8, 4) is 11.9 Å². The standard InChI is InChI=1S/C17H14N4O/c1-12(14-5-3-2-4-6-14)15-10-17(22)21(20-15)16-9-13(11-18)7-8-19-16/h2-10,12,20H,1H3. The lowest BCUT2D eigenvalue weighted by Crippen LogP contribution is -2.14. The van der Waals surface area contributed by atoms with Gasteiger partial charge in [-0.05, 0) is 11.6 Å². The molecule has 0 fully saturated rings. The number of benzene rings is 1. The minimum atomic E-state index is -0.194. The van der Waals surface area contributed by atoms with Crippen LogP contribution in [0.25, 0.3) is 5.82 Å². The van der Waals surface area contributed by atoms with Gasteiger partial charge in [0.1, 0.15) is 0 Å². The fraction of sp³-hybridized carbons (Fsp3) is 0.118. The molecule has 0 spiro atoms. The van der Waals surface area contributed by atoms with Crippen LogP contribution in [0.5, 0.6) is 0 Å². The Morgan fingerprint density at radius 1 is 1.23 bits per heavy atom. The Balaban J connectivity index is 2.01. The zero-order chi connectivity index (χ0) is 15.5. The molecule has 5 nitrogen and oxygen atoms in total. The van der Waals surface area contributed by atoms with Crippen LogP contribution in [0.1, 0.15) is 29.7 Å². The van der Waals surface area contributed by atoms with Gasteiger partial charge in [0.25, 0.3) is 5.56 Å². The number of nitrogens with one attached hydrogen (secondary N) is 1. The Morgan fingerprint density at radius 3 is 2.73 bits per heavy atom. The van der Waals surface area contributed by atoms with E-state index in [1.807, 2.05) is 43.3 Å². The van der Waals surface area contributed by atoms with Gasteiger partial charge in [0.15, 0.2) is 5.82 Å². The summed E-state index contributed by atoms with van der Waals surface area (Å²) in [5.74, 6) is 0.477. The smallest absolute Gasteiger partial charge is 0.272 e. The molecule has 1 aromatic carbocycles. The predicted octanol–water partition coefficient (Wildman–Crippen LogP) is 2.58. The zero-order valence-electron chi connectivity index (χ0n) is 12.0. The molecule has 1 N–H and O–H groups in total. The van der Waals surface area contributed by atoms with Gasteiger partial charge in [0.05, 0.1) is 11.6 Å². The number of hydrogen-bond donors (Lipinski definition) is 1. The second kappa shape index (κ2) is 5.70. The van der Waals surface area contributed by atoms with E-state index in [-0.39, 0.29) is 11.5 Å². The van der Waals surface area contributed by atoms with Crippen LogP contribution in [-0.2, 0) is 0 Å². The summed E-state index contributed by atoms with van der Waals surface area (Å²) in [6.45, 7) is 2.03. The highest BCUT2D eigenvalue weighted by atomic mass is 16.1. The van der Waals surface area contributed by atoms with Crippen LogP contribution in [0.15, 0.2) is 59.5 Å². The molecule has 0 aliphatic rings. The normalized spacial score (nSPS) is 11.8. The molecule has 1 atom stereocenters. The fourth-order valence-corrected chi connectivity index (χ4v) is 2.34. The predicted molar refractivity (Wildman–Crippen MR) is 82.9 cm³/mol. The minimum Gasteiger partial charge on any atom is -0.293 e. The molecule has 0 saturated carbocycles. The first kappa shape index (κ1) is 13.8. The average Bonchev–Trinajstić information content (AvgIpc) is 2.97. The first-order valence-electron chi connectivity index (χ1n) is 6.92. The number of nitriles is 1. The molecule has 0 amide bonds. The molecule has 5 heteroatoms. The van der Waals surface area contributed by atoms with Crippen LogP contribution >= 0.6 is 0 Å². The summed E-state index contributed by atoms with van der Waals surface area (Å²) in [6, 6.07) is 16.7. The van der Waals surface area contributed by atoms with Gasteiger partial charge in [-0.2, -0.15) is 5.26 Å². The molecule has 0 bridgehead atoms. The third kappa shape index (κ3) is 2.54. The molecule has 2 heterocycles. The van der Waals surface area contributed by atoms with Crippen LogP contribution in [0.3, 0.4) is 0 Å². The number of H-pyrrole nitrogens is 1. The number of aromatic amines is 1. The van der Waals surface area contributed by atoms with Crippen molar-refractivity contribution in [1.29, 1.82) is 5.26 Å². The van der Waals surface area contributed by atoms with E-state index in [1.165, 1.54) is 10.9 Å². The molecule has 0 aliphatic carbocycles. The Morgan fingerprint density at radius 2 is 2.00 bits per heavy atom. The largest absolute Gasteiger partial charge is 0.293 e. The Hall–Kier alpha value is -3.13. The van der Waals surface area contributed by atoms with Crippen molar-refractivity contribution in [2.45, 2.75) is 12.8 Å². The average molecular weight is 290 g/mol. The van der Waals surface area contributed by atoms with Gasteiger partial charge in [-0.1, -0.05) is 37.3 Å². The molecule has 0 saturated heterocycles. The van der Waals surface area contributed by atoms with Gasteiger partial charge in [0, 0.05) is 29.9 Å². The van der Waals surface area contributed by atoms with Crippen molar-refractivity contribution in [1.82, 2.24) is 14.8 Å². The van der Waals surface area contributed by atoms with E-state index in [2.05, 4.69) is 10.1 Å². The molecule has 3 rings (SSSR count). The van der Waals surface area contributed by atoms with E-state index in [0.29, 0.717) is 11.4 Å². The molecular formula is C17H14N4O. The van der Waals surface area contributed by atoms with Gasteiger partial charge in [-0.3, -0.25) is 9.89 Å². The second-order valence-electron chi connectivity index (χ2n) is 5.03. The molecule has 3 aromatic rings. The highest BCUT2D eigenvalue weighted by molar-refractivity contribution is 5.35. The van der Waals surface area contributed by atoms with Crippen LogP contribution < -0.4 is 5.56 Å². The number of nitrogens with zero attached hydrogens (tertiary/aromatic N) is 3. The summed E-state index contributed by atoms with van der Waals surface area (Å²) < 4.78 is 1.36. The van der Waals surface area contributed by atoms with Crippen molar-refractivity contribution in [3.05, 3.63) is 81.9 Å². The van der Waals surface area contributed by atoms with Gasteiger partial charge in [0.2, 0.25) is 0 Å². The van der Waals surface area contributed by atoms with Gasteiger partial charge >= 0.3 is 0 Å². The van der Waals surface area contributed by atoms with Crippen LogP contribution in [0.2, 0.25) is 0 Å². The maximum Gasteiger partial charge on any atom is 0.272 e. The van der Waals surface area contributed by atoms with Crippen LogP contribution in [-0.4, -0.2) is 14.8 Å². The summed E-state index contributed by atoms with van der Waals surface area (Å²) in [7, 11) is 0. The van der Waals surface area contributed by atoms with Crippen molar-refractivity contribution in [3.63, 3.8) is 0 Å². The van der Waals surface area contributed by atoms with Crippen molar-refractivity contribution in [2.24, 2.45) is 0 Å². The van der Waals surface area contributed by atoms with E-state index in [4.69, 9.17) is 5.26 Å². The van der Waals surface area contributed by atoms with Gasteiger partial charge in [-0.15, -0.1) is 0 Å². The van der Waals surface area contributed by atoms with E-state index >= 15 is 0 Å². The number of hydrogen-bond acceptors (Lipinski definition) is 3. The monoisotopic (exact) mass is 290 g/mol. The van der Waals surface area contributed by atoms with Gasteiger partial charge < -0.3 is 0 Å². The van der Waals surface area contributed by atoms with E-state index in [9.17, 15) is 4.79 Å². The molecule has 2 aromatic heterocycles. The lowest BCUT2D eigenvalue weighted by molar-refractivity contribution is 0.766. The fourth-order valence-electron chi connectivity index (χ4n) is 2.34. The van der Waals surface area contributed by atoms with Gasteiger partial charge in [-0.25, -0.2) is 9.67 Å². The highest BCUT2D eigenvalue weighted by Gasteiger charge is 2.13. The summed E-state index contributed by atoms with van der Waals surface area (Å²) in [5.41, 5.74) is 2.19.